The van der Waals surface area contributed by atoms with Crippen LogP contribution in [0.3, 0.4) is 0 Å². The summed E-state index contributed by atoms with van der Waals surface area (Å²) in [6, 6.07) is 18.5. The van der Waals surface area contributed by atoms with Crippen LogP contribution in [0.2, 0.25) is 0 Å². The van der Waals surface area contributed by atoms with Crippen LogP contribution in [-0.2, 0) is 11.3 Å². The van der Waals surface area contributed by atoms with Crippen molar-refractivity contribution in [3.63, 3.8) is 0 Å². The summed E-state index contributed by atoms with van der Waals surface area (Å²) in [5, 5.41) is 3.32. The van der Waals surface area contributed by atoms with Crippen LogP contribution in [0.1, 0.15) is 16.8 Å². The molecule has 1 unspecified atom stereocenters. The van der Waals surface area contributed by atoms with E-state index in [9.17, 15) is 4.21 Å². The maximum absolute atomic E-state index is 12.9. The lowest BCUT2D eigenvalue weighted by Crippen LogP contribution is -2.36. The monoisotopic (exact) mass is 652 g/mol. The van der Waals surface area contributed by atoms with Gasteiger partial charge < -0.3 is 18.4 Å². The number of anilines is 1. The van der Waals surface area contributed by atoms with Crippen molar-refractivity contribution in [1.29, 1.82) is 0 Å². The van der Waals surface area contributed by atoms with E-state index in [1.807, 2.05) is 63.2 Å². The normalized spacial score (nSPS) is 11.9. The molecule has 7 rings (SSSR count). The summed E-state index contributed by atoms with van der Waals surface area (Å²) in [6.07, 6.45) is 4.79. The van der Waals surface area contributed by atoms with Crippen LogP contribution in [0.5, 0.6) is 28.9 Å². The van der Waals surface area contributed by atoms with Crippen molar-refractivity contribution >= 4 is 33.8 Å². The summed E-state index contributed by atoms with van der Waals surface area (Å²) in [7, 11) is 3.12. The van der Waals surface area contributed by atoms with Gasteiger partial charge in [-0.15, -0.1) is 4.68 Å². The fraction of sp³-hybridized carbons (Fsp3) is 0.156. The number of para-hydroxylation sites is 1. The number of nitrogens with one attached hydrogen (secondary N) is 2. The number of ether oxygens (including phenoxy) is 3. The molecule has 0 saturated heterocycles. The number of nitrogens with zero attached hydrogens (tertiary/aromatic N) is 7. The molecule has 0 bridgehead atoms. The lowest BCUT2D eigenvalue weighted by molar-refractivity contribution is -0.674. The summed E-state index contributed by atoms with van der Waals surface area (Å²) in [6.45, 7) is 5.73. The van der Waals surface area contributed by atoms with Gasteiger partial charge in [-0.3, -0.25) is 9.29 Å². The first-order chi connectivity index (χ1) is 22.8. The van der Waals surface area contributed by atoms with E-state index in [0.29, 0.717) is 62.8 Å². The van der Waals surface area contributed by atoms with Crippen molar-refractivity contribution in [2.45, 2.75) is 20.8 Å². The second-order valence-electron chi connectivity index (χ2n) is 10.6. The van der Waals surface area contributed by atoms with Crippen molar-refractivity contribution in [3.8, 4) is 40.3 Å². The van der Waals surface area contributed by atoms with E-state index in [1.165, 1.54) is 6.33 Å². The maximum Gasteiger partial charge on any atom is 0.316 e. The minimum atomic E-state index is -1.84. The summed E-state index contributed by atoms with van der Waals surface area (Å²) >= 11 is -1.84. The van der Waals surface area contributed by atoms with Crippen molar-refractivity contribution in [2.24, 2.45) is 0 Å². The molecule has 0 aliphatic rings. The molecule has 47 heavy (non-hydrogen) atoms. The lowest BCUT2D eigenvalue weighted by Gasteiger charge is -2.12. The molecule has 14 nitrogen and oxygen atoms in total. The molecule has 4 aromatic heterocycles. The number of aromatic amines is 1. The van der Waals surface area contributed by atoms with Gasteiger partial charge in [0.2, 0.25) is 5.75 Å². The van der Waals surface area contributed by atoms with E-state index in [-0.39, 0.29) is 0 Å². The topological polar surface area (TPSA) is 147 Å². The Hall–Kier alpha value is -5.96. The number of aryl methyl sites for hydroxylation is 3. The molecule has 7 aromatic rings. The summed E-state index contributed by atoms with van der Waals surface area (Å²) in [5.41, 5.74) is 6.16. The van der Waals surface area contributed by atoms with Crippen molar-refractivity contribution in [2.75, 3.05) is 18.9 Å². The third kappa shape index (κ3) is 5.46. The van der Waals surface area contributed by atoms with Crippen molar-refractivity contribution in [1.82, 2.24) is 34.2 Å². The smallest absolute Gasteiger partial charge is 0.316 e. The Morgan fingerprint density at radius 1 is 0.872 bits per heavy atom. The molecule has 1 atom stereocenters. The quantitative estimate of drug-likeness (QED) is 0.198. The van der Waals surface area contributed by atoms with E-state index in [2.05, 4.69) is 24.8 Å². The number of hydrogen-bond donors (Lipinski definition) is 2. The third-order valence-electron chi connectivity index (χ3n) is 7.50. The van der Waals surface area contributed by atoms with Gasteiger partial charge in [-0.05, 0) is 62.2 Å². The van der Waals surface area contributed by atoms with Gasteiger partial charge in [-0.1, -0.05) is 33.9 Å². The molecule has 0 radical (unpaired) electrons. The van der Waals surface area contributed by atoms with Gasteiger partial charge in [0, 0.05) is 6.07 Å². The Kier molecular flexibility index (Phi) is 7.65. The first kappa shape index (κ1) is 29.7. The van der Waals surface area contributed by atoms with Crippen LogP contribution in [0.25, 0.3) is 28.2 Å². The number of hydrogen-bond acceptors (Lipinski definition) is 9. The van der Waals surface area contributed by atoms with Gasteiger partial charge in [0.25, 0.3) is 6.33 Å². The van der Waals surface area contributed by atoms with Gasteiger partial charge in [0.1, 0.15) is 29.6 Å². The molecule has 4 heterocycles. The van der Waals surface area contributed by atoms with E-state index < -0.39 is 11.3 Å². The van der Waals surface area contributed by atoms with Crippen LogP contribution >= 0.6 is 0 Å². The van der Waals surface area contributed by atoms with E-state index in [0.717, 1.165) is 16.8 Å². The minimum Gasteiger partial charge on any atom is -0.493 e. The first-order valence-corrected chi connectivity index (χ1v) is 15.5. The second kappa shape index (κ2) is 12.1. The number of H-pyrrole nitrogens is 1. The average Bonchev–Trinajstić information content (AvgIpc) is 3.77. The number of rotatable bonds is 10. The van der Waals surface area contributed by atoms with Gasteiger partial charge in [0.15, 0.2) is 22.8 Å². The first-order valence-electron chi connectivity index (χ1n) is 14.4. The van der Waals surface area contributed by atoms with Gasteiger partial charge in [-0.25, -0.2) is 15.0 Å². The largest absolute Gasteiger partial charge is 0.493 e. The van der Waals surface area contributed by atoms with Crippen LogP contribution in [0.4, 0.5) is 5.69 Å². The fourth-order valence-corrected chi connectivity index (χ4v) is 5.85. The molecular weight excluding hydrogens is 622 g/mol. The predicted molar refractivity (Wildman–Crippen MR) is 174 cm³/mol. The highest BCUT2D eigenvalue weighted by molar-refractivity contribution is 7.82. The Bertz CT molecular complexity index is 2270. The Balaban J connectivity index is 1.31. The van der Waals surface area contributed by atoms with Crippen molar-refractivity contribution < 1.29 is 27.3 Å². The SMILES string of the molecule is COc1cccc(OC)c1Oc1[nH]n2c(nc[n+]2-c2cccc(NS(=O)Oc3cc(C)ccc3C)c2)c1-n1cnc2c(C)ncnc21. The molecule has 0 aliphatic heterocycles. The van der Waals surface area contributed by atoms with Gasteiger partial charge >= 0.3 is 22.8 Å². The molecule has 238 valence electrons. The Labute approximate surface area is 271 Å². The van der Waals surface area contributed by atoms with Crippen LogP contribution in [0.15, 0.2) is 79.6 Å². The van der Waals surface area contributed by atoms with Crippen LogP contribution in [-0.4, -0.2) is 52.7 Å². The molecule has 0 amide bonds. The van der Waals surface area contributed by atoms with E-state index in [1.54, 1.807) is 59.0 Å². The molecule has 0 saturated carbocycles. The molecule has 15 heteroatoms. The molecular formula is C32H30N9O5S+. The maximum atomic E-state index is 12.9. The summed E-state index contributed by atoms with van der Waals surface area (Å²) < 4.78 is 44.5. The highest BCUT2D eigenvalue weighted by Gasteiger charge is 2.29. The Morgan fingerprint density at radius 3 is 2.45 bits per heavy atom. The Morgan fingerprint density at radius 2 is 1.66 bits per heavy atom. The zero-order valence-corrected chi connectivity index (χ0v) is 26.9. The van der Waals surface area contributed by atoms with E-state index >= 15 is 0 Å². The zero-order chi connectivity index (χ0) is 32.7. The fourth-order valence-electron chi connectivity index (χ4n) is 5.15. The number of imidazole rings is 1. The van der Waals surface area contributed by atoms with Crippen molar-refractivity contribution in [3.05, 3.63) is 96.5 Å². The molecule has 3 aromatic carbocycles. The summed E-state index contributed by atoms with van der Waals surface area (Å²) in [4.78, 5) is 18.1. The number of fused-ring (bicyclic) bond motifs is 2. The highest BCUT2D eigenvalue weighted by atomic mass is 32.2. The zero-order valence-electron chi connectivity index (χ0n) is 26.1. The second-order valence-corrected chi connectivity index (χ2v) is 11.4. The molecule has 0 aliphatic carbocycles. The van der Waals surface area contributed by atoms with Crippen LogP contribution < -0.4 is 27.8 Å². The number of aromatic nitrogens is 8. The van der Waals surface area contributed by atoms with Gasteiger partial charge in [-0.2, -0.15) is 9.31 Å². The predicted octanol–water partition coefficient (Wildman–Crippen LogP) is 4.87. The summed E-state index contributed by atoms with van der Waals surface area (Å²) in [5.74, 6) is 2.17. The minimum absolute atomic E-state index is 0.317. The van der Waals surface area contributed by atoms with Gasteiger partial charge in [0.05, 0.1) is 25.6 Å². The number of benzene rings is 3. The molecule has 0 fully saturated rings. The molecule has 0 spiro atoms. The van der Waals surface area contributed by atoms with Crippen LogP contribution in [0, 0.1) is 20.8 Å². The number of methoxy groups -OCH3 is 2. The lowest BCUT2D eigenvalue weighted by atomic mass is 10.1. The standard InChI is InChI=1S/C32H29N9O5S/c1-19-12-13-20(2)26(14-19)46-47(42)38-22-8-6-9-23(15-22)40-18-36-31-28(39-17-35-27-21(3)33-16-34-30(27)39)32(37-41(31)40)45-29-24(43-4)10-7-11-25(29)44-5/h6-18,38H,1-5H3/p+1. The third-order valence-corrected chi connectivity index (χ3v) is 8.24. The molecule has 2 N–H and O–H groups in total. The average molecular weight is 653 g/mol. The van der Waals surface area contributed by atoms with E-state index in [4.69, 9.17) is 23.4 Å². The highest BCUT2D eigenvalue weighted by Crippen LogP contribution is 2.42.